The van der Waals surface area contributed by atoms with Crippen LogP contribution in [0.4, 0.5) is 10.1 Å². The Kier molecular flexibility index (Phi) is 7.97. The lowest BCUT2D eigenvalue weighted by Crippen LogP contribution is -2.19. The largest absolute Gasteiger partial charge is 0.487 e. The van der Waals surface area contributed by atoms with Crippen LogP contribution in [0.5, 0.6) is 5.75 Å². The first-order valence-corrected chi connectivity index (χ1v) is 13.3. The van der Waals surface area contributed by atoms with E-state index in [0.29, 0.717) is 24.8 Å². The number of carbonyl (C=O) groups is 1. The van der Waals surface area contributed by atoms with Crippen LogP contribution in [0.2, 0.25) is 0 Å². The van der Waals surface area contributed by atoms with Gasteiger partial charge in [0.05, 0.1) is 19.5 Å². The Morgan fingerprint density at radius 1 is 1.06 bits per heavy atom. The van der Waals surface area contributed by atoms with E-state index in [4.69, 9.17) is 4.74 Å². The minimum atomic E-state index is -0.304. The quantitative estimate of drug-likeness (QED) is 0.279. The molecule has 0 bridgehead atoms. The molecule has 4 rings (SSSR count). The van der Waals surface area contributed by atoms with Crippen molar-refractivity contribution in [3.8, 4) is 5.75 Å². The zero-order valence-corrected chi connectivity index (χ0v) is 23.7. The first kappa shape index (κ1) is 25.2. The van der Waals surface area contributed by atoms with Crippen molar-refractivity contribution in [2.24, 2.45) is 4.99 Å². The smallest absolute Gasteiger partial charge is 0.264 e. The second-order valence-corrected chi connectivity index (χ2v) is 11.1. The molecule has 1 saturated heterocycles. The highest BCUT2D eigenvalue weighted by atomic mass is 79.9. The van der Waals surface area contributed by atoms with E-state index >= 15 is 0 Å². The molecule has 34 heavy (non-hydrogen) atoms. The Morgan fingerprint density at radius 3 is 2.38 bits per heavy atom. The topological polar surface area (TPSA) is 50.7 Å². The number of ether oxygens (including phenoxy) is 1. The lowest BCUT2D eigenvalue weighted by atomic mass is 10.1. The Balaban J connectivity index is 1.52. The van der Waals surface area contributed by atoms with Gasteiger partial charge in [0.2, 0.25) is 0 Å². The molecule has 0 atom stereocenters. The van der Waals surface area contributed by atoms with Gasteiger partial charge in [-0.05, 0) is 122 Å². The van der Waals surface area contributed by atoms with Crippen LogP contribution >= 0.6 is 59.6 Å². The number of hydrogen-bond donors (Lipinski definition) is 1. The first-order valence-electron chi connectivity index (χ1n) is 10.1. The van der Waals surface area contributed by atoms with Gasteiger partial charge in [0.15, 0.2) is 5.17 Å². The van der Waals surface area contributed by atoms with E-state index in [1.807, 2.05) is 38.1 Å². The second-order valence-electron chi connectivity index (χ2n) is 7.61. The van der Waals surface area contributed by atoms with Crippen LogP contribution in [0.3, 0.4) is 0 Å². The highest BCUT2D eigenvalue weighted by Crippen LogP contribution is 2.37. The molecular weight excluding hydrogens is 651 g/mol. The Morgan fingerprint density at radius 2 is 1.74 bits per heavy atom. The summed E-state index contributed by atoms with van der Waals surface area (Å²) in [7, 11) is 0. The monoisotopic (exact) mass is 666 g/mol. The summed E-state index contributed by atoms with van der Waals surface area (Å²) in [6, 6.07) is 13.9. The molecule has 4 nitrogen and oxygen atoms in total. The maximum absolute atomic E-state index is 13.4. The van der Waals surface area contributed by atoms with Crippen molar-refractivity contribution in [2.75, 3.05) is 0 Å². The first-order chi connectivity index (χ1) is 16.2. The zero-order chi connectivity index (χ0) is 24.4. The number of hydrogen-bond acceptors (Lipinski definition) is 4. The molecule has 1 aliphatic rings. The Hall–Kier alpha value is -1.94. The summed E-state index contributed by atoms with van der Waals surface area (Å²) in [6.45, 7) is 4.24. The highest BCUT2D eigenvalue weighted by molar-refractivity contribution is 9.11. The van der Waals surface area contributed by atoms with E-state index in [0.717, 1.165) is 32.4 Å². The lowest BCUT2D eigenvalue weighted by Gasteiger charge is -2.11. The van der Waals surface area contributed by atoms with Crippen molar-refractivity contribution in [3.05, 3.63) is 94.9 Å². The predicted molar refractivity (Wildman–Crippen MR) is 147 cm³/mol. The normalized spacial score (nSPS) is 15.8. The summed E-state index contributed by atoms with van der Waals surface area (Å²) in [6.07, 6.45) is 1.80. The Labute approximate surface area is 226 Å². The molecule has 0 spiro atoms. The molecular formula is C25H18Br3FN2O2S. The molecule has 0 aliphatic carbocycles. The highest BCUT2D eigenvalue weighted by Gasteiger charge is 2.24. The van der Waals surface area contributed by atoms with Crippen molar-refractivity contribution in [3.63, 3.8) is 0 Å². The van der Waals surface area contributed by atoms with Gasteiger partial charge in [0.1, 0.15) is 18.2 Å². The average molecular weight is 669 g/mol. The Bertz CT molecular complexity index is 1310. The number of amidine groups is 1. The number of carbonyl (C=O) groups excluding carboxylic acids is 1. The van der Waals surface area contributed by atoms with Gasteiger partial charge >= 0.3 is 0 Å². The minimum absolute atomic E-state index is 0.201. The van der Waals surface area contributed by atoms with Crippen molar-refractivity contribution < 1.29 is 13.9 Å². The standard InChI is InChI=1S/C25H18Br3FN2O2S/c1-13-6-18(7-14(2)22(13)28)30-25-31-24(32)21(34-25)11-16-9-19(26)23(20(27)10-16)33-12-15-4-3-5-17(29)8-15/h3-11H,12H2,1-2H3,(H,30,31,32)/b21-11-. The van der Waals surface area contributed by atoms with Crippen molar-refractivity contribution in [2.45, 2.75) is 20.5 Å². The van der Waals surface area contributed by atoms with Crippen molar-refractivity contribution in [1.82, 2.24) is 5.32 Å². The van der Waals surface area contributed by atoms with Crippen LogP contribution in [0, 0.1) is 19.7 Å². The van der Waals surface area contributed by atoms with E-state index in [1.54, 1.807) is 18.2 Å². The van der Waals surface area contributed by atoms with Crippen molar-refractivity contribution >= 4 is 82.4 Å². The fourth-order valence-corrected chi connectivity index (χ4v) is 5.84. The van der Waals surface area contributed by atoms with E-state index in [2.05, 4.69) is 58.1 Å². The van der Waals surface area contributed by atoms with Gasteiger partial charge in [-0.1, -0.05) is 28.1 Å². The summed E-state index contributed by atoms with van der Waals surface area (Å²) < 4.78 is 21.8. The summed E-state index contributed by atoms with van der Waals surface area (Å²) >= 11 is 11.9. The number of halogens is 4. The third-order valence-electron chi connectivity index (χ3n) is 4.89. The molecule has 0 unspecified atom stereocenters. The summed E-state index contributed by atoms with van der Waals surface area (Å²) in [5.41, 5.74) is 4.49. The van der Waals surface area contributed by atoms with Crippen LogP contribution in [-0.4, -0.2) is 11.1 Å². The summed E-state index contributed by atoms with van der Waals surface area (Å²) in [4.78, 5) is 17.7. The van der Waals surface area contributed by atoms with Crippen LogP contribution < -0.4 is 10.1 Å². The molecule has 1 aliphatic heterocycles. The molecule has 1 N–H and O–H groups in total. The van der Waals surface area contributed by atoms with E-state index in [1.165, 1.54) is 23.9 Å². The summed E-state index contributed by atoms with van der Waals surface area (Å²) in [5, 5.41) is 3.36. The van der Waals surface area contributed by atoms with Gasteiger partial charge in [-0.3, -0.25) is 4.79 Å². The molecule has 0 saturated carbocycles. The van der Waals surface area contributed by atoms with Gasteiger partial charge < -0.3 is 10.1 Å². The number of nitrogens with zero attached hydrogens (tertiary/aromatic N) is 1. The van der Waals surface area contributed by atoms with E-state index < -0.39 is 0 Å². The number of amides is 1. The molecule has 1 heterocycles. The molecule has 3 aromatic rings. The van der Waals surface area contributed by atoms with Crippen LogP contribution in [0.1, 0.15) is 22.3 Å². The maximum atomic E-state index is 13.4. The third-order valence-corrected chi connectivity index (χ3v) is 8.23. The molecule has 9 heteroatoms. The number of rotatable bonds is 5. The SMILES string of the molecule is Cc1cc(N=C2NC(=O)/C(=C/c3cc(Br)c(OCc4cccc(F)c4)c(Br)c3)S2)cc(C)c1Br. The molecule has 0 radical (unpaired) electrons. The van der Waals surface area contributed by atoms with E-state index in [-0.39, 0.29) is 18.3 Å². The fourth-order valence-electron chi connectivity index (χ4n) is 3.32. The predicted octanol–water partition coefficient (Wildman–Crippen LogP) is 8.20. The lowest BCUT2D eigenvalue weighted by molar-refractivity contribution is -0.115. The molecule has 0 aromatic heterocycles. The van der Waals surface area contributed by atoms with Crippen LogP contribution in [-0.2, 0) is 11.4 Å². The van der Waals surface area contributed by atoms with Gasteiger partial charge in [-0.25, -0.2) is 9.38 Å². The van der Waals surface area contributed by atoms with Crippen molar-refractivity contribution in [1.29, 1.82) is 0 Å². The van der Waals surface area contributed by atoms with Gasteiger partial charge in [0.25, 0.3) is 5.91 Å². The number of aliphatic imine (C=N–C) groups is 1. The number of thioether (sulfide) groups is 1. The molecule has 1 fully saturated rings. The number of aryl methyl sites for hydroxylation is 2. The van der Waals surface area contributed by atoms with Gasteiger partial charge in [-0.2, -0.15) is 0 Å². The van der Waals surface area contributed by atoms with Crippen LogP contribution in [0.15, 0.2) is 71.8 Å². The number of nitrogens with one attached hydrogen (secondary N) is 1. The second kappa shape index (κ2) is 10.8. The van der Waals surface area contributed by atoms with Crippen LogP contribution in [0.25, 0.3) is 6.08 Å². The fraction of sp³-hybridized carbons (Fsp3) is 0.120. The zero-order valence-electron chi connectivity index (χ0n) is 18.1. The average Bonchev–Trinajstić information content (AvgIpc) is 3.09. The third kappa shape index (κ3) is 6.00. The summed E-state index contributed by atoms with van der Waals surface area (Å²) in [5.74, 6) is 0.0907. The number of benzene rings is 3. The molecule has 3 aromatic carbocycles. The maximum Gasteiger partial charge on any atom is 0.264 e. The van der Waals surface area contributed by atoms with E-state index in [9.17, 15) is 9.18 Å². The minimum Gasteiger partial charge on any atom is -0.487 e. The van der Waals surface area contributed by atoms with Gasteiger partial charge in [0, 0.05) is 4.47 Å². The molecule has 1 amide bonds. The molecule has 174 valence electrons. The van der Waals surface area contributed by atoms with Gasteiger partial charge in [-0.15, -0.1) is 0 Å².